The molecule has 0 aliphatic carbocycles. The predicted molar refractivity (Wildman–Crippen MR) is 134 cm³/mol. The maximum Gasteiger partial charge on any atom is 0.200 e. The molecule has 0 saturated heterocycles. The summed E-state index contributed by atoms with van der Waals surface area (Å²) in [6.45, 7) is 3.55. The summed E-state index contributed by atoms with van der Waals surface area (Å²) in [6, 6.07) is 19.3. The molecule has 5 heteroatoms. The first-order valence-corrected chi connectivity index (χ1v) is 11.6. The third-order valence-corrected chi connectivity index (χ3v) is 5.77. The van der Waals surface area contributed by atoms with E-state index in [0.717, 1.165) is 35.3 Å². The summed E-state index contributed by atoms with van der Waals surface area (Å²) in [4.78, 5) is 13.4. The molecule has 4 aromatic rings. The summed E-state index contributed by atoms with van der Waals surface area (Å²) in [5.41, 5.74) is 3.78. The van der Waals surface area contributed by atoms with Crippen molar-refractivity contribution in [1.29, 1.82) is 0 Å². The van der Waals surface area contributed by atoms with E-state index in [1.165, 1.54) is 6.26 Å². The SMILES string of the molecule is CCCc1cc2c(=O)c(-c3ccc4c(c3)OCCO4)coc2cc1OCC=Cc1ccccc1. The van der Waals surface area contributed by atoms with Crippen LogP contribution in [0.1, 0.15) is 24.5 Å². The molecule has 3 aromatic carbocycles. The quantitative estimate of drug-likeness (QED) is 0.329. The zero-order valence-electron chi connectivity index (χ0n) is 19.1. The maximum absolute atomic E-state index is 13.4. The van der Waals surface area contributed by atoms with E-state index in [-0.39, 0.29) is 5.43 Å². The molecule has 0 spiro atoms. The monoisotopic (exact) mass is 454 g/mol. The molecule has 34 heavy (non-hydrogen) atoms. The van der Waals surface area contributed by atoms with Crippen molar-refractivity contribution in [2.45, 2.75) is 19.8 Å². The third-order valence-electron chi connectivity index (χ3n) is 5.77. The second kappa shape index (κ2) is 9.87. The van der Waals surface area contributed by atoms with Crippen molar-refractivity contribution in [3.63, 3.8) is 0 Å². The van der Waals surface area contributed by atoms with Gasteiger partial charge in [0, 0.05) is 6.07 Å². The smallest absolute Gasteiger partial charge is 0.200 e. The van der Waals surface area contributed by atoms with Gasteiger partial charge in [-0.05, 0) is 47.4 Å². The van der Waals surface area contributed by atoms with E-state index in [1.807, 2.05) is 72.8 Å². The average molecular weight is 455 g/mol. The van der Waals surface area contributed by atoms with Gasteiger partial charge in [-0.2, -0.15) is 0 Å². The van der Waals surface area contributed by atoms with E-state index in [2.05, 4.69) is 6.92 Å². The minimum absolute atomic E-state index is 0.0780. The van der Waals surface area contributed by atoms with Crippen molar-refractivity contribution in [1.82, 2.24) is 0 Å². The third kappa shape index (κ3) is 4.55. The Morgan fingerprint density at radius 2 is 1.79 bits per heavy atom. The van der Waals surface area contributed by atoms with Crippen LogP contribution in [0, 0.1) is 0 Å². The molecule has 172 valence electrons. The van der Waals surface area contributed by atoms with Crippen molar-refractivity contribution < 1.29 is 18.6 Å². The van der Waals surface area contributed by atoms with Crippen LogP contribution in [0.15, 0.2) is 82.2 Å². The average Bonchev–Trinajstić information content (AvgIpc) is 2.88. The highest BCUT2D eigenvalue weighted by molar-refractivity contribution is 5.84. The van der Waals surface area contributed by atoms with Crippen molar-refractivity contribution in [3.8, 4) is 28.4 Å². The Kier molecular flexibility index (Phi) is 6.34. The summed E-state index contributed by atoms with van der Waals surface area (Å²) in [7, 11) is 0. The van der Waals surface area contributed by atoms with E-state index in [9.17, 15) is 4.79 Å². The zero-order chi connectivity index (χ0) is 23.3. The highest BCUT2D eigenvalue weighted by Crippen LogP contribution is 2.34. The summed E-state index contributed by atoms with van der Waals surface area (Å²) < 4.78 is 23.2. The summed E-state index contributed by atoms with van der Waals surface area (Å²) in [6.07, 6.45) is 7.27. The molecule has 1 aliphatic heterocycles. The van der Waals surface area contributed by atoms with Crippen LogP contribution in [-0.2, 0) is 6.42 Å². The van der Waals surface area contributed by atoms with Crippen LogP contribution in [0.3, 0.4) is 0 Å². The first-order valence-electron chi connectivity index (χ1n) is 11.6. The van der Waals surface area contributed by atoms with Gasteiger partial charge >= 0.3 is 0 Å². The largest absolute Gasteiger partial charge is 0.489 e. The molecular weight excluding hydrogens is 428 g/mol. The fraction of sp³-hybridized carbons (Fsp3) is 0.207. The molecule has 2 heterocycles. The van der Waals surface area contributed by atoms with Gasteiger partial charge in [-0.3, -0.25) is 4.79 Å². The van der Waals surface area contributed by atoms with E-state index < -0.39 is 0 Å². The number of hydrogen-bond donors (Lipinski definition) is 0. The second-order valence-electron chi connectivity index (χ2n) is 8.17. The van der Waals surface area contributed by atoms with E-state index in [0.29, 0.717) is 47.9 Å². The molecule has 0 unspecified atom stereocenters. The Bertz CT molecular complexity index is 1390. The Balaban J connectivity index is 1.45. The fourth-order valence-electron chi connectivity index (χ4n) is 4.10. The standard InChI is InChI=1S/C29H26O5/c1-2-7-22-16-23-27(18-26(22)31-13-6-10-20-8-4-3-5-9-20)34-19-24(29(23)30)21-11-12-25-28(17-21)33-15-14-32-25/h3-6,8-12,16-19H,2,7,13-15H2,1H3. The lowest BCUT2D eigenvalue weighted by Crippen LogP contribution is -2.15. The van der Waals surface area contributed by atoms with Gasteiger partial charge < -0.3 is 18.6 Å². The molecule has 1 aliphatic rings. The summed E-state index contributed by atoms with van der Waals surface area (Å²) >= 11 is 0. The lowest BCUT2D eigenvalue weighted by atomic mass is 10.0. The van der Waals surface area contributed by atoms with Crippen molar-refractivity contribution in [2.24, 2.45) is 0 Å². The lowest BCUT2D eigenvalue weighted by Gasteiger charge is -2.18. The summed E-state index contributed by atoms with van der Waals surface area (Å²) in [5.74, 6) is 2.07. The van der Waals surface area contributed by atoms with E-state index >= 15 is 0 Å². The van der Waals surface area contributed by atoms with Crippen LogP contribution in [0.2, 0.25) is 0 Å². The van der Waals surface area contributed by atoms with E-state index in [1.54, 1.807) is 0 Å². The minimum atomic E-state index is -0.0780. The minimum Gasteiger partial charge on any atom is -0.489 e. The normalized spacial score (nSPS) is 12.9. The molecular formula is C29H26O5. The molecule has 0 bridgehead atoms. The zero-order valence-corrected chi connectivity index (χ0v) is 19.1. The number of ether oxygens (including phenoxy) is 3. The van der Waals surface area contributed by atoms with Gasteiger partial charge in [0.1, 0.15) is 37.4 Å². The Labute approximate surface area is 198 Å². The van der Waals surface area contributed by atoms with Gasteiger partial charge in [0.15, 0.2) is 11.5 Å². The van der Waals surface area contributed by atoms with Gasteiger partial charge in [0.25, 0.3) is 0 Å². The number of benzene rings is 3. The molecule has 0 radical (unpaired) electrons. The van der Waals surface area contributed by atoms with Gasteiger partial charge in [-0.15, -0.1) is 0 Å². The lowest BCUT2D eigenvalue weighted by molar-refractivity contribution is 0.171. The van der Waals surface area contributed by atoms with Crippen LogP contribution >= 0.6 is 0 Å². The van der Waals surface area contributed by atoms with E-state index in [4.69, 9.17) is 18.6 Å². The van der Waals surface area contributed by atoms with Gasteiger partial charge in [0.2, 0.25) is 5.43 Å². The first-order chi connectivity index (χ1) is 16.7. The van der Waals surface area contributed by atoms with Crippen LogP contribution in [0.4, 0.5) is 0 Å². The second-order valence-corrected chi connectivity index (χ2v) is 8.17. The first kappa shape index (κ1) is 21.8. The Morgan fingerprint density at radius 1 is 0.971 bits per heavy atom. The molecule has 0 saturated carbocycles. The molecule has 5 nitrogen and oxygen atoms in total. The van der Waals surface area contributed by atoms with Crippen molar-refractivity contribution in [2.75, 3.05) is 19.8 Å². The molecule has 0 atom stereocenters. The molecule has 0 fully saturated rings. The van der Waals surface area contributed by atoms with Crippen molar-refractivity contribution >= 4 is 17.0 Å². The van der Waals surface area contributed by atoms with Crippen LogP contribution in [-0.4, -0.2) is 19.8 Å². The highest BCUT2D eigenvalue weighted by atomic mass is 16.6. The number of fused-ring (bicyclic) bond motifs is 2. The highest BCUT2D eigenvalue weighted by Gasteiger charge is 2.17. The molecule has 0 amide bonds. The Morgan fingerprint density at radius 3 is 2.62 bits per heavy atom. The number of aryl methyl sites for hydroxylation is 1. The molecule has 1 aromatic heterocycles. The molecule has 5 rings (SSSR count). The van der Waals surface area contributed by atoms with Gasteiger partial charge in [0.05, 0.1) is 10.9 Å². The van der Waals surface area contributed by atoms with Gasteiger partial charge in [-0.25, -0.2) is 0 Å². The van der Waals surface area contributed by atoms with Gasteiger partial charge in [-0.1, -0.05) is 55.8 Å². The summed E-state index contributed by atoms with van der Waals surface area (Å²) in [5, 5.41) is 0.544. The number of hydrogen-bond acceptors (Lipinski definition) is 5. The fourth-order valence-corrected chi connectivity index (χ4v) is 4.10. The Hall–Kier alpha value is -3.99. The van der Waals surface area contributed by atoms with Crippen molar-refractivity contribution in [3.05, 3.63) is 94.4 Å². The predicted octanol–water partition coefficient (Wildman–Crippen LogP) is 6.28. The molecule has 0 N–H and O–H groups in total. The maximum atomic E-state index is 13.4. The van der Waals surface area contributed by atoms with Crippen LogP contribution in [0.25, 0.3) is 28.2 Å². The topological polar surface area (TPSA) is 57.9 Å². The number of rotatable bonds is 7. The van der Waals surface area contributed by atoms with Crippen LogP contribution in [0.5, 0.6) is 17.2 Å². The van der Waals surface area contributed by atoms with Crippen LogP contribution < -0.4 is 19.6 Å².